The van der Waals surface area contributed by atoms with Crippen molar-refractivity contribution in [3.63, 3.8) is 0 Å². The highest BCUT2D eigenvalue weighted by Crippen LogP contribution is 2.23. The number of carbonyl (C=O) groups is 1. The average molecular weight is 377 g/mol. The van der Waals surface area contributed by atoms with Crippen molar-refractivity contribution >= 4 is 23.3 Å². The predicted octanol–water partition coefficient (Wildman–Crippen LogP) is 4.26. The van der Waals surface area contributed by atoms with Gasteiger partial charge in [0, 0.05) is 30.5 Å². The predicted molar refractivity (Wildman–Crippen MR) is 95.0 cm³/mol. The Labute approximate surface area is 153 Å². The van der Waals surface area contributed by atoms with Crippen LogP contribution >= 0.6 is 11.6 Å². The van der Waals surface area contributed by atoms with Crippen LogP contribution in [0.4, 0.5) is 19.3 Å². The normalized spacial score (nSPS) is 11.8. The molecule has 8 heteroatoms. The third-order valence-electron chi connectivity index (χ3n) is 3.77. The van der Waals surface area contributed by atoms with Gasteiger partial charge in [-0.1, -0.05) is 23.7 Å². The van der Waals surface area contributed by atoms with Crippen molar-refractivity contribution in [2.75, 3.05) is 5.32 Å². The standard InChI is InChI=1S/C18H15ClF2N4O/c1-25-9-8-22-17(25)16(11-2-4-12(19)5-3-11)24-18(26)23-15-7-6-13(20)10-14(15)21/h2-10,16H,1H3,(H2,23,24,26)/t16-/m0/s1. The summed E-state index contributed by atoms with van der Waals surface area (Å²) < 4.78 is 28.5. The molecular formula is C18H15ClF2N4O. The molecule has 0 saturated carbocycles. The van der Waals surface area contributed by atoms with E-state index in [9.17, 15) is 13.6 Å². The molecule has 3 aromatic rings. The molecule has 0 saturated heterocycles. The summed E-state index contributed by atoms with van der Waals surface area (Å²) in [5, 5.41) is 5.69. The molecule has 0 aliphatic carbocycles. The Balaban J connectivity index is 1.84. The van der Waals surface area contributed by atoms with Crippen LogP contribution in [0.25, 0.3) is 0 Å². The highest BCUT2D eigenvalue weighted by atomic mass is 35.5. The van der Waals surface area contributed by atoms with Crippen LogP contribution in [0.2, 0.25) is 5.02 Å². The van der Waals surface area contributed by atoms with E-state index in [1.54, 1.807) is 48.3 Å². The number of benzene rings is 2. The van der Waals surface area contributed by atoms with Crippen molar-refractivity contribution in [1.82, 2.24) is 14.9 Å². The van der Waals surface area contributed by atoms with Crippen molar-refractivity contribution in [3.05, 3.63) is 82.9 Å². The molecule has 0 unspecified atom stereocenters. The molecular weight excluding hydrogens is 362 g/mol. The fourth-order valence-corrected chi connectivity index (χ4v) is 2.61. The van der Waals surface area contributed by atoms with Crippen LogP contribution in [-0.4, -0.2) is 15.6 Å². The van der Waals surface area contributed by atoms with E-state index < -0.39 is 23.7 Å². The Morgan fingerprint density at radius 1 is 1.19 bits per heavy atom. The molecule has 0 fully saturated rings. The number of anilines is 1. The Kier molecular flexibility index (Phi) is 5.18. The lowest BCUT2D eigenvalue weighted by Crippen LogP contribution is -2.34. The van der Waals surface area contributed by atoms with E-state index in [-0.39, 0.29) is 5.69 Å². The molecule has 0 bridgehead atoms. The largest absolute Gasteiger partial charge is 0.336 e. The number of hydrogen-bond donors (Lipinski definition) is 2. The molecule has 3 rings (SSSR count). The molecule has 0 spiro atoms. The van der Waals surface area contributed by atoms with Gasteiger partial charge in [0.25, 0.3) is 0 Å². The molecule has 1 atom stereocenters. The SMILES string of the molecule is Cn1ccnc1[C@@H](NC(=O)Nc1ccc(F)cc1F)c1ccc(Cl)cc1. The molecule has 134 valence electrons. The van der Waals surface area contributed by atoms with Gasteiger partial charge in [0.05, 0.1) is 5.69 Å². The Hall–Kier alpha value is -2.93. The molecule has 2 N–H and O–H groups in total. The number of imidazole rings is 1. The minimum Gasteiger partial charge on any atom is -0.336 e. The van der Waals surface area contributed by atoms with Gasteiger partial charge >= 0.3 is 6.03 Å². The summed E-state index contributed by atoms with van der Waals surface area (Å²) in [5.74, 6) is -0.997. The highest BCUT2D eigenvalue weighted by molar-refractivity contribution is 6.30. The summed E-state index contributed by atoms with van der Waals surface area (Å²) in [6.07, 6.45) is 3.36. The van der Waals surface area contributed by atoms with Crippen LogP contribution in [-0.2, 0) is 7.05 Å². The molecule has 0 aliphatic heterocycles. The third kappa shape index (κ3) is 4.00. The van der Waals surface area contributed by atoms with Crippen molar-refractivity contribution in [2.24, 2.45) is 7.05 Å². The molecule has 1 aromatic heterocycles. The van der Waals surface area contributed by atoms with Crippen molar-refractivity contribution in [1.29, 1.82) is 0 Å². The van der Waals surface area contributed by atoms with Crippen LogP contribution in [0.15, 0.2) is 54.9 Å². The summed E-state index contributed by atoms with van der Waals surface area (Å²) in [6, 6.07) is 8.61. The number of nitrogens with one attached hydrogen (secondary N) is 2. The zero-order chi connectivity index (χ0) is 18.7. The first-order valence-corrected chi connectivity index (χ1v) is 8.07. The minimum absolute atomic E-state index is 0.126. The Bertz CT molecular complexity index is 927. The van der Waals surface area contributed by atoms with Crippen molar-refractivity contribution < 1.29 is 13.6 Å². The van der Waals surface area contributed by atoms with E-state index >= 15 is 0 Å². The topological polar surface area (TPSA) is 59.0 Å². The first-order valence-electron chi connectivity index (χ1n) is 7.69. The summed E-state index contributed by atoms with van der Waals surface area (Å²) in [6.45, 7) is 0. The van der Waals surface area contributed by atoms with Crippen LogP contribution in [0.3, 0.4) is 0 Å². The second-order valence-corrected chi connectivity index (χ2v) is 6.04. The lowest BCUT2D eigenvalue weighted by atomic mass is 10.1. The molecule has 5 nitrogen and oxygen atoms in total. The first-order chi connectivity index (χ1) is 12.4. The van der Waals surface area contributed by atoms with Crippen LogP contribution in [0.1, 0.15) is 17.4 Å². The molecule has 1 heterocycles. The van der Waals surface area contributed by atoms with Gasteiger partial charge in [-0.25, -0.2) is 18.6 Å². The minimum atomic E-state index is -0.861. The maximum atomic E-state index is 13.7. The van der Waals surface area contributed by atoms with E-state index in [2.05, 4.69) is 15.6 Å². The second kappa shape index (κ2) is 7.53. The quantitative estimate of drug-likeness (QED) is 0.714. The van der Waals surface area contributed by atoms with Gasteiger partial charge in [0.1, 0.15) is 23.5 Å². The average Bonchev–Trinajstić information content (AvgIpc) is 3.02. The second-order valence-electron chi connectivity index (χ2n) is 5.60. The monoisotopic (exact) mass is 376 g/mol. The van der Waals surface area contributed by atoms with E-state index in [0.717, 1.165) is 17.7 Å². The van der Waals surface area contributed by atoms with E-state index in [1.165, 1.54) is 0 Å². The van der Waals surface area contributed by atoms with Gasteiger partial charge in [-0.2, -0.15) is 0 Å². The van der Waals surface area contributed by atoms with Gasteiger partial charge in [0.15, 0.2) is 0 Å². The lowest BCUT2D eigenvalue weighted by Gasteiger charge is -2.19. The number of aromatic nitrogens is 2. The zero-order valence-corrected chi connectivity index (χ0v) is 14.5. The van der Waals surface area contributed by atoms with Crippen LogP contribution in [0, 0.1) is 11.6 Å². The van der Waals surface area contributed by atoms with Gasteiger partial charge in [-0.3, -0.25) is 0 Å². The molecule has 2 amide bonds. The number of amides is 2. The van der Waals surface area contributed by atoms with Crippen molar-refractivity contribution in [2.45, 2.75) is 6.04 Å². The Morgan fingerprint density at radius 2 is 1.92 bits per heavy atom. The molecule has 2 aromatic carbocycles. The summed E-state index contributed by atoms with van der Waals surface area (Å²) in [4.78, 5) is 16.6. The van der Waals surface area contributed by atoms with Crippen LogP contribution < -0.4 is 10.6 Å². The van der Waals surface area contributed by atoms with Gasteiger partial charge in [0.2, 0.25) is 0 Å². The van der Waals surface area contributed by atoms with E-state index in [1.807, 2.05) is 0 Å². The third-order valence-corrected chi connectivity index (χ3v) is 4.03. The molecule has 26 heavy (non-hydrogen) atoms. The van der Waals surface area contributed by atoms with Gasteiger partial charge in [-0.15, -0.1) is 0 Å². The number of urea groups is 1. The number of hydrogen-bond acceptors (Lipinski definition) is 2. The number of carbonyl (C=O) groups excluding carboxylic acids is 1. The maximum Gasteiger partial charge on any atom is 0.320 e. The lowest BCUT2D eigenvalue weighted by molar-refractivity contribution is 0.249. The smallest absolute Gasteiger partial charge is 0.320 e. The van der Waals surface area contributed by atoms with Gasteiger partial charge in [-0.05, 0) is 29.8 Å². The highest BCUT2D eigenvalue weighted by Gasteiger charge is 2.21. The number of aryl methyl sites for hydroxylation is 1. The number of nitrogens with zero attached hydrogens (tertiary/aromatic N) is 2. The number of rotatable bonds is 4. The van der Waals surface area contributed by atoms with Crippen molar-refractivity contribution in [3.8, 4) is 0 Å². The van der Waals surface area contributed by atoms with Gasteiger partial charge < -0.3 is 15.2 Å². The summed E-state index contributed by atoms with van der Waals surface area (Å²) in [7, 11) is 1.80. The molecule has 0 aliphatic rings. The molecule has 0 radical (unpaired) electrons. The Morgan fingerprint density at radius 3 is 2.54 bits per heavy atom. The summed E-state index contributed by atoms with van der Waals surface area (Å²) in [5.41, 5.74) is 0.622. The maximum absolute atomic E-state index is 13.7. The van der Waals surface area contributed by atoms with Crippen LogP contribution in [0.5, 0.6) is 0 Å². The fraction of sp³-hybridized carbons (Fsp3) is 0.111. The van der Waals surface area contributed by atoms with E-state index in [4.69, 9.17) is 11.6 Å². The number of halogens is 3. The fourth-order valence-electron chi connectivity index (χ4n) is 2.49. The summed E-state index contributed by atoms with van der Waals surface area (Å²) >= 11 is 5.92. The zero-order valence-electron chi connectivity index (χ0n) is 13.7. The van der Waals surface area contributed by atoms with E-state index in [0.29, 0.717) is 16.9 Å². The first kappa shape index (κ1) is 17.9.